The van der Waals surface area contributed by atoms with Gasteiger partial charge >= 0.3 is 0 Å². The minimum Gasteiger partial charge on any atom is -0.493 e. The number of benzene rings is 1. The van der Waals surface area contributed by atoms with Gasteiger partial charge in [-0.3, -0.25) is 0 Å². The van der Waals surface area contributed by atoms with Crippen molar-refractivity contribution in [1.29, 1.82) is 0 Å². The standard InChI is InChI=1S/C11H14N4OS/c1-2-17-7-6-16-11-5-3-4-10(8-11)15-9-12-13-14-15/h3-5,8-9H,2,6-7H2,1H3. The first kappa shape index (κ1) is 11.9. The largest absolute Gasteiger partial charge is 0.493 e. The minimum absolute atomic E-state index is 0.720. The van der Waals surface area contributed by atoms with Crippen molar-refractivity contribution in [1.82, 2.24) is 20.2 Å². The lowest BCUT2D eigenvalue weighted by Crippen LogP contribution is -2.01. The molecule has 0 atom stereocenters. The molecule has 1 aromatic carbocycles. The summed E-state index contributed by atoms with van der Waals surface area (Å²) in [5.74, 6) is 2.97. The highest BCUT2D eigenvalue weighted by Gasteiger charge is 2.00. The molecule has 0 spiro atoms. The first-order chi connectivity index (χ1) is 8.40. The number of thioether (sulfide) groups is 1. The summed E-state index contributed by atoms with van der Waals surface area (Å²) in [7, 11) is 0. The van der Waals surface area contributed by atoms with Crippen molar-refractivity contribution in [3.05, 3.63) is 30.6 Å². The second-order valence-electron chi connectivity index (χ2n) is 3.30. The van der Waals surface area contributed by atoms with Crippen LogP contribution in [0.25, 0.3) is 5.69 Å². The SMILES string of the molecule is CCSCCOc1cccc(-n2cnnn2)c1. The molecule has 0 aliphatic carbocycles. The highest BCUT2D eigenvalue weighted by Crippen LogP contribution is 2.15. The van der Waals surface area contributed by atoms with Crippen LogP contribution in [0.5, 0.6) is 5.75 Å². The van der Waals surface area contributed by atoms with Gasteiger partial charge in [0.25, 0.3) is 0 Å². The first-order valence-electron chi connectivity index (χ1n) is 5.44. The summed E-state index contributed by atoms with van der Waals surface area (Å²) in [4.78, 5) is 0. The fourth-order valence-corrected chi connectivity index (χ4v) is 1.85. The van der Waals surface area contributed by atoms with E-state index in [1.807, 2.05) is 36.0 Å². The quantitative estimate of drug-likeness (QED) is 0.732. The zero-order chi connectivity index (χ0) is 11.9. The van der Waals surface area contributed by atoms with Crippen molar-refractivity contribution in [3.8, 4) is 11.4 Å². The van der Waals surface area contributed by atoms with Gasteiger partial charge in [-0.05, 0) is 28.3 Å². The lowest BCUT2D eigenvalue weighted by atomic mass is 10.3. The molecule has 0 aliphatic heterocycles. The minimum atomic E-state index is 0.720. The molecule has 2 rings (SSSR count). The molecule has 2 aromatic rings. The second kappa shape index (κ2) is 6.24. The van der Waals surface area contributed by atoms with E-state index in [1.165, 1.54) is 0 Å². The molecule has 0 amide bonds. The Kier molecular flexibility index (Phi) is 4.37. The van der Waals surface area contributed by atoms with Gasteiger partial charge in [-0.2, -0.15) is 11.8 Å². The van der Waals surface area contributed by atoms with E-state index in [1.54, 1.807) is 11.0 Å². The van der Waals surface area contributed by atoms with E-state index in [-0.39, 0.29) is 0 Å². The third-order valence-electron chi connectivity index (χ3n) is 2.13. The molecule has 0 N–H and O–H groups in total. The molecule has 1 heterocycles. The van der Waals surface area contributed by atoms with Crippen LogP contribution in [0.15, 0.2) is 30.6 Å². The molecule has 0 saturated carbocycles. The van der Waals surface area contributed by atoms with Gasteiger partial charge in [0, 0.05) is 11.8 Å². The predicted molar refractivity (Wildman–Crippen MR) is 67.6 cm³/mol. The molecule has 6 heteroatoms. The van der Waals surface area contributed by atoms with Gasteiger partial charge in [0.05, 0.1) is 12.3 Å². The van der Waals surface area contributed by atoms with Crippen LogP contribution < -0.4 is 4.74 Å². The van der Waals surface area contributed by atoms with Gasteiger partial charge in [0.2, 0.25) is 0 Å². The van der Waals surface area contributed by atoms with E-state index in [9.17, 15) is 0 Å². The molecule has 0 bridgehead atoms. The molecular weight excluding hydrogens is 236 g/mol. The Bertz CT molecular complexity index is 446. The van der Waals surface area contributed by atoms with E-state index in [4.69, 9.17) is 4.74 Å². The maximum atomic E-state index is 5.64. The number of nitrogens with zero attached hydrogens (tertiary/aromatic N) is 4. The Balaban J connectivity index is 1.97. The van der Waals surface area contributed by atoms with Crippen LogP contribution >= 0.6 is 11.8 Å². The van der Waals surface area contributed by atoms with Crippen LogP contribution in [0, 0.1) is 0 Å². The maximum Gasteiger partial charge on any atom is 0.143 e. The number of rotatable bonds is 6. The van der Waals surface area contributed by atoms with Crippen molar-refractivity contribution in [2.24, 2.45) is 0 Å². The lowest BCUT2D eigenvalue weighted by molar-refractivity contribution is 0.344. The Morgan fingerprint density at radius 3 is 3.12 bits per heavy atom. The van der Waals surface area contributed by atoms with Crippen LogP contribution in [0.4, 0.5) is 0 Å². The summed E-state index contributed by atoms with van der Waals surface area (Å²) in [5.41, 5.74) is 0.899. The van der Waals surface area contributed by atoms with Crippen LogP contribution in [0.1, 0.15) is 6.92 Å². The van der Waals surface area contributed by atoms with E-state index < -0.39 is 0 Å². The summed E-state index contributed by atoms with van der Waals surface area (Å²) in [6, 6.07) is 7.72. The van der Waals surface area contributed by atoms with Gasteiger partial charge < -0.3 is 4.74 Å². The van der Waals surface area contributed by atoms with Gasteiger partial charge in [0.1, 0.15) is 12.1 Å². The predicted octanol–water partition coefficient (Wildman–Crippen LogP) is 1.79. The van der Waals surface area contributed by atoms with Gasteiger partial charge in [0.15, 0.2) is 0 Å². The first-order valence-corrected chi connectivity index (χ1v) is 6.59. The number of ether oxygens (including phenoxy) is 1. The van der Waals surface area contributed by atoms with Crippen molar-refractivity contribution < 1.29 is 4.74 Å². The number of tetrazole rings is 1. The fraction of sp³-hybridized carbons (Fsp3) is 0.364. The van der Waals surface area contributed by atoms with Crippen molar-refractivity contribution >= 4 is 11.8 Å². The smallest absolute Gasteiger partial charge is 0.143 e. The summed E-state index contributed by atoms with van der Waals surface area (Å²) in [6.45, 7) is 2.86. The molecule has 0 saturated heterocycles. The molecular formula is C11H14N4OS. The number of hydrogen-bond donors (Lipinski definition) is 0. The molecule has 5 nitrogen and oxygen atoms in total. The molecule has 90 valence electrons. The third-order valence-corrected chi connectivity index (χ3v) is 3.00. The summed E-state index contributed by atoms with van der Waals surface area (Å²) in [5, 5.41) is 11.0. The Morgan fingerprint density at radius 1 is 1.41 bits per heavy atom. The Hall–Kier alpha value is -1.56. The van der Waals surface area contributed by atoms with E-state index >= 15 is 0 Å². The monoisotopic (exact) mass is 250 g/mol. The Morgan fingerprint density at radius 2 is 2.35 bits per heavy atom. The lowest BCUT2D eigenvalue weighted by Gasteiger charge is -2.07. The zero-order valence-electron chi connectivity index (χ0n) is 9.61. The average Bonchev–Trinajstić information content (AvgIpc) is 2.89. The van der Waals surface area contributed by atoms with Crippen molar-refractivity contribution in [3.63, 3.8) is 0 Å². The van der Waals surface area contributed by atoms with Gasteiger partial charge in [-0.25, -0.2) is 4.68 Å². The molecule has 0 radical (unpaired) electrons. The van der Waals surface area contributed by atoms with Crippen LogP contribution in [0.3, 0.4) is 0 Å². The molecule has 0 fully saturated rings. The van der Waals surface area contributed by atoms with Crippen molar-refractivity contribution in [2.45, 2.75) is 6.92 Å². The summed E-state index contributed by atoms with van der Waals surface area (Å²) in [6.07, 6.45) is 1.56. The molecule has 17 heavy (non-hydrogen) atoms. The van der Waals surface area contributed by atoms with Crippen LogP contribution in [0.2, 0.25) is 0 Å². The van der Waals surface area contributed by atoms with Crippen molar-refractivity contribution in [2.75, 3.05) is 18.1 Å². The number of aromatic nitrogens is 4. The number of hydrogen-bond acceptors (Lipinski definition) is 5. The highest BCUT2D eigenvalue weighted by molar-refractivity contribution is 7.99. The fourth-order valence-electron chi connectivity index (χ4n) is 1.36. The van der Waals surface area contributed by atoms with Gasteiger partial charge in [-0.15, -0.1) is 5.10 Å². The molecule has 1 aromatic heterocycles. The van der Waals surface area contributed by atoms with E-state index in [0.29, 0.717) is 0 Å². The summed E-state index contributed by atoms with van der Waals surface area (Å²) >= 11 is 1.87. The van der Waals surface area contributed by atoms with E-state index in [2.05, 4.69) is 22.4 Å². The zero-order valence-corrected chi connectivity index (χ0v) is 10.4. The molecule has 0 aliphatic rings. The second-order valence-corrected chi connectivity index (χ2v) is 4.69. The maximum absolute atomic E-state index is 5.64. The normalized spacial score (nSPS) is 10.4. The third kappa shape index (κ3) is 3.45. The van der Waals surface area contributed by atoms with E-state index in [0.717, 1.165) is 29.5 Å². The average molecular weight is 250 g/mol. The van der Waals surface area contributed by atoms with Gasteiger partial charge in [-0.1, -0.05) is 13.0 Å². The topological polar surface area (TPSA) is 52.8 Å². The van der Waals surface area contributed by atoms with Crippen LogP contribution in [-0.2, 0) is 0 Å². The highest BCUT2D eigenvalue weighted by atomic mass is 32.2. The molecule has 0 unspecified atom stereocenters. The van der Waals surface area contributed by atoms with Crippen LogP contribution in [-0.4, -0.2) is 38.3 Å². The summed E-state index contributed by atoms with van der Waals surface area (Å²) < 4.78 is 7.25. The Labute approximate surface area is 104 Å².